The van der Waals surface area contributed by atoms with Crippen LogP contribution in [0.25, 0.3) is 0 Å². The van der Waals surface area contributed by atoms with E-state index < -0.39 is 5.92 Å². The second-order valence-electron chi connectivity index (χ2n) is 3.21. The molecule has 1 fully saturated rings. The molecule has 1 heterocycles. The van der Waals surface area contributed by atoms with Gasteiger partial charge >= 0.3 is 0 Å². The van der Waals surface area contributed by atoms with Gasteiger partial charge in [0.15, 0.2) is 0 Å². The quantitative estimate of drug-likeness (QED) is 0.659. The molecule has 12 heavy (non-hydrogen) atoms. The molecular weight excluding hydrogens is 164 g/mol. The zero-order valence-electron chi connectivity index (χ0n) is 7.28. The molecule has 1 aliphatic heterocycles. The minimum absolute atomic E-state index is 0.0866. The number of halogens is 2. The summed E-state index contributed by atoms with van der Waals surface area (Å²) in [5.74, 6) is -2.53. The second-order valence-corrected chi connectivity index (χ2v) is 3.21. The lowest BCUT2D eigenvalue weighted by Crippen LogP contribution is -2.26. The molecule has 0 amide bonds. The molecule has 0 radical (unpaired) electrons. The van der Waals surface area contributed by atoms with Crippen molar-refractivity contribution in [2.45, 2.75) is 31.7 Å². The van der Waals surface area contributed by atoms with Crippen LogP contribution in [0.4, 0.5) is 8.78 Å². The fourth-order valence-corrected chi connectivity index (χ4v) is 1.29. The van der Waals surface area contributed by atoms with Gasteiger partial charge in [0.1, 0.15) is 0 Å². The van der Waals surface area contributed by atoms with Gasteiger partial charge in [0.2, 0.25) is 0 Å². The summed E-state index contributed by atoms with van der Waals surface area (Å²) in [6.45, 7) is 2.86. The van der Waals surface area contributed by atoms with Crippen LogP contribution >= 0.6 is 0 Å². The first kappa shape index (κ1) is 9.86. The van der Waals surface area contributed by atoms with E-state index in [-0.39, 0.29) is 19.0 Å². The third-order valence-electron chi connectivity index (χ3n) is 1.86. The lowest BCUT2D eigenvalue weighted by Gasteiger charge is -2.09. The lowest BCUT2D eigenvalue weighted by molar-refractivity contribution is 0.0164. The van der Waals surface area contributed by atoms with Gasteiger partial charge in [-0.05, 0) is 6.42 Å². The van der Waals surface area contributed by atoms with Gasteiger partial charge < -0.3 is 10.1 Å². The van der Waals surface area contributed by atoms with Crippen LogP contribution in [0, 0.1) is 0 Å². The molecule has 0 aromatic carbocycles. The van der Waals surface area contributed by atoms with Gasteiger partial charge in [-0.1, -0.05) is 6.92 Å². The molecule has 4 heteroatoms. The molecule has 1 rings (SSSR count). The minimum Gasteiger partial charge on any atom is -0.380 e. The molecule has 1 unspecified atom stereocenters. The van der Waals surface area contributed by atoms with Crippen molar-refractivity contribution in [3.63, 3.8) is 0 Å². The molecule has 72 valence electrons. The van der Waals surface area contributed by atoms with Crippen molar-refractivity contribution in [2.75, 3.05) is 19.8 Å². The van der Waals surface area contributed by atoms with E-state index >= 15 is 0 Å². The Morgan fingerprint density at radius 3 is 2.83 bits per heavy atom. The van der Waals surface area contributed by atoms with Gasteiger partial charge in [0, 0.05) is 19.1 Å². The van der Waals surface area contributed by atoms with Crippen LogP contribution in [-0.2, 0) is 4.74 Å². The van der Waals surface area contributed by atoms with E-state index in [4.69, 9.17) is 4.74 Å². The van der Waals surface area contributed by atoms with Crippen molar-refractivity contribution in [3.8, 4) is 0 Å². The fraction of sp³-hybridized carbons (Fsp3) is 1.00. The maximum Gasteiger partial charge on any atom is 0.261 e. The fourth-order valence-electron chi connectivity index (χ4n) is 1.29. The first-order valence-corrected chi connectivity index (χ1v) is 4.33. The highest BCUT2D eigenvalue weighted by molar-refractivity contribution is 4.86. The maximum absolute atomic E-state index is 12.6. The van der Waals surface area contributed by atoms with E-state index in [1.807, 2.05) is 6.92 Å². The molecule has 2 nitrogen and oxygen atoms in total. The first-order valence-electron chi connectivity index (χ1n) is 4.33. The van der Waals surface area contributed by atoms with E-state index in [0.717, 1.165) is 6.42 Å². The van der Waals surface area contributed by atoms with Crippen molar-refractivity contribution in [1.82, 2.24) is 5.32 Å². The van der Waals surface area contributed by atoms with Gasteiger partial charge in [-0.2, -0.15) is 0 Å². The predicted molar refractivity (Wildman–Crippen MR) is 42.5 cm³/mol. The van der Waals surface area contributed by atoms with Crippen molar-refractivity contribution >= 4 is 0 Å². The summed E-state index contributed by atoms with van der Waals surface area (Å²) in [4.78, 5) is 0. The Kier molecular flexibility index (Phi) is 3.40. The van der Waals surface area contributed by atoms with Crippen LogP contribution in [0.15, 0.2) is 0 Å². The van der Waals surface area contributed by atoms with E-state index in [9.17, 15) is 8.78 Å². The van der Waals surface area contributed by atoms with E-state index in [0.29, 0.717) is 13.2 Å². The van der Waals surface area contributed by atoms with Crippen molar-refractivity contribution in [1.29, 1.82) is 0 Å². The lowest BCUT2D eigenvalue weighted by atomic mass is 10.2. The standard InChI is InChI=1S/C8H15F2NO/c1-2-3-12-5-7-4-8(9,10)6-11-7/h7,11H,2-6H2,1H3. The molecule has 1 saturated heterocycles. The molecule has 0 aliphatic carbocycles. The Hall–Kier alpha value is -0.220. The van der Waals surface area contributed by atoms with Gasteiger partial charge in [-0.25, -0.2) is 8.78 Å². The molecule has 0 aromatic rings. The smallest absolute Gasteiger partial charge is 0.261 e. The first-order chi connectivity index (χ1) is 5.64. The summed E-state index contributed by atoms with van der Waals surface area (Å²) in [5, 5.41) is 2.73. The van der Waals surface area contributed by atoms with Crippen molar-refractivity contribution in [2.24, 2.45) is 0 Å². The summed E-state index contributed by atoms with van der Waals surface area (Å²) >= 11 is 0. The van der Waals surface area contributed by atoms with E-state index in [1.54, 1.807) is 0 Å². The molecule has 0 spiro atoms. The van der Waals surface area contributed by atoms with Crippen LogP contribution in [-0.4, -0.2) is 31.7 Å². The topological polar surface area (TPSA) is 21.3 Å². The Bertz CT molecular complexity index is 141. The van der Waals surface area contributed by atoms with Crippen molar-refractivity contribution < 1.29 is 13.5 Å². The highest BCUT2D eigenvalue weighted by atomic mass is 19.3. The Balaban J connectivity index is 2.11. The van der Waals surface area contributed by atoms with Gasteiger partial charge in [-0.3, -0.25) is 0 Å². The largest absolute Gasteiger partial charge is 0.380 e. The third-order valence-corrected chi connectivity index (χ3v) is 1.86. The van der Waals surface area contributed by atoms with E-state index in [2.05, 4.69) is 5.32 Å². The SMILES string of the molecule is CCCOCC1CC(F)(F)CN1. The third kappa shape index (κ3) is 3.03. The molecule has 0 bridgehead atoms. The number of hydrogen-bond donors (Lipinski definition) is 1. The van der Waals surface area contributed by atoms with Crippen molar-refractivity contribution in [3.05, 3.63) is 0 Å². The average molecular weight is 179 g/mol. The average Bonchev–Trinajstić information content (AvgIpc) is 2.31. The highest BCUT2D eigenvalue weighted by Gasteiger charge is 2.38. The number of nitrogens with one attached hydrogen (secondary N) is 1. The van der Waals surface area contributed by atoms with Crippen LogP contribution in [0.1, 0.15) is 19.8 Å². The summed E-state index contributed by atoms with van der Waals surface area (Å²) in [6.07, 6.45) is 0.847. The monoisotopic (exact) mass is 179 g/mol. The van der Waals surface area contributed by atoms with Gasteiger partial charge in [0.25, 0.3) is 5.92 Å². The Morgan fingerprint density at radius 1 is 1.58 bits per heavy atom. The number of rotatable bonds is 4. The number of ether oxygens (including phenoxy) is 1. The van der Waals surface area contributed by atoms with Crippen LogP contribution in [0.3, 0.4) is 0 Å². The van der Waals surface area contributed by atoms with Crippen LogP contribution < -0.4 is 5.32 Å². The molecule has 0 saturated carbocycles. The predicted octanol–water partition coefficient (Wildman–Crippen LogP) is 1.41. The zero-order valence-corrected chi connectivity index (χ0v) is 7.28. The van der Waals surface area contributed by atoms with Gasteiger partial charge in [0.05, 0.1) is 13.2 Å². The molecule has 1 aliphatic rings. The number of hydrogen-bond acceptors (Lipinski definition) is 2. The Morgan fingerprint density at radius 2 is 2.33 bits per heavy atom. The van der Waals surface area contributed by atoms with Gasteiger partial charge in [-0.15, -0.1) is 0 Å². The maximum atomic E-state index is 12.6. The minimum atomic E-state index is -2.53. The summed E-state index contributed by atoms with van der Waals surface area (Å²) in [6, 6.07) is -0.161. The molecule has 0 aromatic heterocycles. The van der Waals surface area contributed by atoms with E-state index in [1.165, 1.54) is 0 Å². The Labute approximate surface area is 71.3 Å². The highest BCUT2D eigenvalue weighted by Crippen LogP contribution is 2.24. The zero-order chi connectivity index (χ0) is 9.03. The normalized spacial score (nSPS) is 27.8. The molecular formula is C8H15F2NO. The summed E-state index contributed by atoms with van der Waals surface area (Å²) in [5.41, 5.74) is 0. The van der Waals surface area contributed by atoms with Crippen LogP contribution in [0.2, 0.25) is 0 Å². The summed E-state index contributed by atoms with van der Waals surface area (Å²) in [7, 11) is 0. The molecule has 1 atom stereocenters. The summed E-state index contributed by atoms with van der Waals surface area (Å²) < 4.78 is 30.3. The second kappa shape index (κ2) is 4.14. The molecule has 1 N–H and O–H groups in total. The number of alkyl halides is 2. The van der Waals surface area contributed by atoms with Crippen LogP contribution in [0.5, 0.6) is 0 Å².